The van der Waals surface area contributed by atoms with Gasteiger partial charge in [-0.25, -0.2) is 0 Å². The first-order chi connectivity index (χ1) is 13.5. The second-order valence-corrected chi connectivity index (χ2v) is 6.81. The van der Waals surface area contributed by atoms with Gasteiger partial charge in [-0.15, -0.1) is 0 Å². The van der Waals surface area contributed by atoms with Gasteiger partial charge in [0.1, 0.15) is 0 Å². The molecule has 0 unspecified atom stereocenters. The summed E-state index contributed by atoms with van der Waals surface area (Å²) in [6.45, 7) is 0.818. The van der Waals surface area contributed by atoms with Gasteiger partial charge in [0, 0.05) is 30.0 Å². The van der Waals surface area contributed by atoms with Crippen LogP contribution in [-0.2, 0) is 9.53 Å². The fourth-order valence-electron chi connectivity index (χ4n) is 3.21. The number of amides is 2. The van der Waals surface area contributed by atoms with Gasteiger partial charge in [-0.1, -0.05) is 18.2 Å². The van der Waals surface area contributed by atoms with Crippen molar-refractivity contribution >= 4 is 23.5 Å². The summed E-state index contributed by atoms with van der Waals surface area (Å²) >= 11 is 0. The van der Waals surface area contributed by atoms with Crippen molar-refractivity contribution in [1.82, 2.24) is 5.32 Å². The van der Waals surface area contributed by atoms with E-state index in [9.17, 15) is 19.5 Å². The topological polar surface area (TPSA) is 105 Å². The molecule has 1 aliphatic heterocycles. The zero-order chi connectivity index (χ0) is 20.0. The van der Waals surface area contributed by atoms with Gasteiger partial charge < -0.3 is 20.5 Å². The van der Waals surface area contributed by atoms with Crippen LogP contribution in [0.2, 0.25) is 0 Å². The third-order valence-electron chi connectivity index (χ3n) is 4.76. The number of nitrogens with one attached hydrogen (secondary N) is 2. The van der Waals surface area contributed by atoms with Crippen LogP contribution in [0.15, 0.2) is 54.6 Å². The number of carboxylic acid groups (broad SMARTS) is 1. The summed E-state index contributed by atoms with van der Waals surface area (Å²) in [6, 6.07) is 15.3. The molecule has 28 heavy (non-hydrogen) atoms. The Morgan fingerprint density at radius 1 is 0.893 bits per heavy atom. The minimum Gasteiger partial charge on any atom is -0.481 e. The van der Waals surface area contributed by atoms with Crippen molar-refractivity contribution < 1.29 is 24.2 Å². The van der Waals surface area contributed by atoms with Gasteiger partial charge in [0.25, 0.3) is 11.8 Å². The van der Waals surface area contributed by atoms with Crippen LogP contribution in [0.1, 0.15) is 40.0 Å². The predicted octanol–water partition coefficient (Wildman–Crippen LogP) is 2.69. The highest BCUT2D eigenvalue weighted by atomic mass is 16.5. The predicted molar refractivity (Wildman–Crippen MR) is 103 cm³/mol. The van der Waals surface area contributed by atoms with Crippen LogP contribution in [0.5, 0.6) is 0 Å². The van der Waals surface area contributed by atoms with Crippen LogP contribution in [-0.4, -0.2) is 41.6 Å². The van der Waals surface area contributed by atoms with Crippen molar-refractivity contribution in [2.45, 2.75) is 24.8 Å². The number of carbonyl (C=O) groups excluding carboxylic acids is 2. The molecule has 2 aromatic rings. The molecule has 0 atom stereocenters. The number of rotatable bonds is 6. The van der Waals surface area contributed by atoms with Crippen molar-refractivity contribution in [3.05, 3.63) is 65.7 Å². The van der Waals surface area contributed by atoms with Crippen molar-refractivity contribution in [1.29, 1.82) is 0 Å². The molecule has 1 heterocycles. The van der Waals surface area contributed by atoms with Crippen molar-refractivity contribution in [3.63, 3.8) is 0 Å². The van der Waals surface area contributed by atoms with Gasteiger partial charge in [-0.3, -0.25) is 14.4 Å². The fourth-order valence-corrected chi connectivity index (χ4v) is 3.21. The minimum atomic E-state index is -0.963. The Kier molecular flexibility index (Phi) is 6.06. The molecule has 2 aromatic carbocycles. The molecule has 0 spiro atoms. The molecule has 3 rings (SSSR count). The third kappa shape index (κ3) is 4.95. The number of carboxylic acids is 1. The lowest BCUT2D eigenvalue weighted by Crippen LogP contribution is -2.53. The Balaban J connectivity index is 1.67. The molecule has 1 saturated heterocycles. The van der Waals surface area contributed by atoms with Crippen LogP contribution in [0.4, 0.5) is 5.69 Å². The van der Waals surface area contributed by atoms with Crippen LogP contribution in [0, 0.1) is 0 Å². The van der Waals surface area contributed by atoms with E-state index in [0.717, 1.165) is 0 Å². The minimum absolute atomic E-state index is 0.153. The van der Waals surface area contributed by atoms with E-state index < -0.39 is 11.5 Å². The van der Waals surface area contributed by atoms with Gasteiger partial charge in [-0.05, 0) is 49.2 Å². The Morgan fingerprint density at radius 2 is 1.46 bits per heavy atom. The molecule has 0 bridgehead atoms. The molecular weight excluding hydrogens is 360 g/mol. The molecular formula is C21H22N2O5. The lowest BCUT2D eigenvalue weighted by atomic mass is 9.86. The summed E-state index contributed by atoms with van der Waals surface area (Å²) in [5.41, 5.74) is 0.661. The van der Waals surface area contributed by atoms with Crippen LogP contribution >= 0.6 is 0 Å². The SMILES string of the molecule is O=C(O)CC1(NC(=O)c2ccc(C(=O)Nc3ccccc3)cc2)CCOCC1. The first-order valence-corrected chi connectivity index (χ1v) is 9.06. The van der Waals surface area contributed by atoms with E-state index in [4.69, 9.17) is 4.74 Å². The maximum absolute atomic E-state index is 12.6. The van der Waals surface area contributed by atoms with Gasteiger partial charge in [-0.2, -0.15) is 0 Å². The number of anilines is 1. The van der Waals surface area contributed by atoms with E-state index in [1.807, 2.05) is 18.2 Å². The molecule has 7 nitrogen and oxygen atoms in total. The molecule has 7 heteroatoms. The average molecular weight is 382 g/mol. The lowest BCUT2D eigenvalue weighted by Gasteiger charge is -2.36. The van der Waals surface area contributed by atoms with Crippen molar-refractivity contribution in [3.8, 4) is 0 Å². The van der Waals surface area contributed by atoms with E-state index in [1.54, 1.807) is 36.4 Å². The second kappa shape index (κ2) is 8.67. The molecule has 2 amide bonds. The van der Waals surface area contributed by atoms with Gasteiger partial charge >= 0.3 is 5.97 Å². The number of para-hydroxylation sites is 1. The van der Waals surface area contributed by atoms with Crippen molar-refractivity contribution in [2.75, 3.05) is 18.5 Å². The molecule has 3 N–H and O–H groups in total. The zero-order valence-corrected chi connectivity index (χ0v) is 15.3. The summed E-state index contributed by atoms with van der Waals surface area (Å²) in [6.07, 6.45) is 0.741. The molecule has 146 valence electrons. The summed E-state index contributed by atoms with van der Waals surface area (Å²) < 4.78 is 5.30. The second-order valence-electron chi connectivity index (χ2n) is 6.81. The normalized spacial score (nSPS) is 15.4. The Labute approximate surface area is 162 Å². The Hall–Kier alpha value is -3.19. The molecule has 0 radical (unpaired) electrons. The van der Waals surface area contributed by atoms with E-state index in [2.05, 4.69) is 10.6 Å². The van der Waals surface area contributed by atoms with Crippen LogP contribution in [0.3, 0.4) is 0 Å². The highest BCUT2D eigenvalue weighted by Gasteiger charge is 2.36. The van der Waals surface area contributed by atoms with Crippen molar-refractivity contribution in [2.24, 2.45) is 0 Å². The number of hydrogen-bond donors (Lipinski definition) is 3. The van der Waals surface area contributed by atoms with Crippen LogP contribution in [0.25, 0.3) is 0 Å². The van der Waals surface area contributed by atoms with E-state index >= 15 is 0 Å². The maximum atomic E-state index is 12.6. The third-order valence-corrected chi connectivity index (χ3v) is 4.76. The summed E-state index contributed by atoms with van der Waals surface area (Å²) in [7, 11) is 0. The first-order valence-electron chi connectivity index (χ1n) is 9.06. The molecule has 0 saturated carbocycles. The lowest BCUT2D eigenvalue weighted by molar-refractivity contribution is -0.139. The summed E-state index contributed by atoms with van der Waals surface area (Å²) in [5.74, 6) is -1.60. The van der Waals surface area contributed by atoms with E-state index in [0.29, 0.717) is 42.9 Å². The highest BCUT2D eigenvalue weighted by molar-refractivity contribution is 6.05. The van der Waals surface area contributed by atoms with Gasteiger partial charge in [0.2, 0.25) is 0 Å². The van der Waals surface area contributed by atoms with Gasteiger partial charge in [0.15, 0.2) is 0 Å². The monoisotopic (exact) mass is 382 g/mol. The standard InChI is InChI=1S/C21H22N2O5/c24-18(25)14-21(10-12-28-13-11-21)23-20(27)16-8-6-15(7-9-16)19(26)22-17-4-2-1-3-5-17/h1-9H,10-14H2,(H,22,26)(H,23,27)(H,24,25). The van der Waals surface area contributed by atoms with Crippen LogP contribution < -0.4 is 10.6 Å². The number of ether oxygens (including phenoxy) is 1. The number of carbonyl (C=O) groups is 3. The number of aliphatic carboxylic acids is 1. The number of benzene rings is 2. The smallest absolute Gasteiger partial charge is 0.305 e. The molecule has 0 aromatic heterocycles. The molecule has 1 aliphatic rings. The first kappa shape index (κ1) is 19.6. The fraction of sp³-hybridized carbons (Fsp3) is 0.286. The largest absolute Gasteiger partial charge is 0.481 e. The summed E-state index contributed by atoms with van der Waals surface area (Å²) in [5, 5.41) is 14.8. The van der Waals surface area contributed by atoms with Gasteiger partial charge in [0.05, 0.1) is 12.0 Å². The Bertz CT molecular complexity index is 843. The number of hydrogen-bond acceptors (Lipinski definition) is 4. The summed E-state index contributed by atoms with van der Waals surface area (Å²) in [4.78, 5) is 36.1. The van der Waals surface area contributed by atoms with E-state index in [-0.39, 0.29) is 18.2 Å². The Morgan fingerprint density at radius 3 is 2.04 bits per heavy atom. The average Bonchev–Trinajstić information content (AvgIpc) is 2.69. The quantitative estimate of drug-likeness (QED) is 0.712. The maximum Gasteiger partial charge on any atom is 0.305 e. The van der Waals surface area contributed by atoms with E-state index in [1.165, 1.54) is 0 Å². The molecule has 1 fully saturated rings. The molecule has 0 aliphatic carbocycles. The highest BCUT2D eigenvalue weighted by Crippen LogP contribution is 2.25. The zero-order valence-electron chi connectivity index (χ0n) is 15.3.